The number of anilines is 1. The Balaban J connectivity index is 0.00000109. The Morgan fingerprint density at radius 1 is 1.18 bits per heavy atom. The van der Waals surface area contributed by atoms with Gasteiger partial charge in [-0.2, -0.15) is 0 Å². The number of rotatable bonds is 3. The van der Waals surface area contributed by atoms with Crippen molar-refractivity contribution in [3.63, 3.8) is 0 Å². The standard InChI is InChI=1S/C19H19N3O4.C2H6/c1-11-4-6-13(16-17(11)25-10-19(16,2)3)26-14-7-5-12(8-20-14)22-15(23)9-21-18(22)24;1-2/h4-8H,9-10H2,1-3H3,(H,21,24);1-2H3. The number of urea groups is 1. The number of fused-ring (bicyclic) bond motifs is 1. The number of imide groups is 1. The number of carbonyl (C=O) groups excluding carboxylic acids is 2. The van der Waals surface area contributed by atoms with Crippen LogP contribution < -0.4 is 19.7 Å². The summed E-state index contributed by atoms with van der Waals surface area (Å²) in [7, 11) is 0. The van der Waals surface area contributed by atoms with Gasteiger partial charge in [-0.25, -0.2) is 14.7 Å². The Hall–Kier alpha value is -3.09. The minimum absolute atomic E-state index is 0.00166. The number of hydrogen-bond acceptors (Lipinski definition) is 5. The van der Waals surface area contributed by atoms with Crippen LogP contribution in [0.4, 0.5) is 10.5 Å². The smallest absolute Gasteiger partial charge is 0.329 e. The average Bonchev–Trinajstić information content (AvgIpc) is 3.19. The summed E-state index contributed by atoms with van der Waals surface area (Å²) in [4.78, 5) is 28.8. The molecule has 1 aromatic heterocycles. The van der Waals surface area contributed by atoms with Gasteiger partial charge in [0.1, 0.15) is 11.5 Å². The maximum absolute atomic E-state index is 11.8. The number of benzene rings is 1. The molecule has 0 bridgehead atoms. The molecule has 0 radical (unpaired) electrons. The number of nitrogens with one attached hydrogen (secondary N) is 1. The first kappa shape index (κ1) is 19.7. The Morgan fingerprint density at radius 3 is 2.54 bits per heavy atom. The average molecular weight is 383 g/mol. The van der Waals surface area contributed by atoms with E-state index in [0.717, 1.165) is 21.8 Å². The van der Waals surface area contributed by atoms with Crippen molar-refractivity contribution < 1.29 is 19.1 Å². The van der Waals surface area contributed by atoms with Crippen LogP contribution in [-0.2, 0) is 10.2 Å². The second-order valence-corrected chi connectivity index (χ2v) is 7.10. The van der Waals surface area contributed by atoms with E-state index in [1.165, 1.54) is 6.20 Å². The van der Waals surface area contributed by atoms with Crippen molar-refractivity contribution in [2.75, 3.05) is 18.1 Å². The highest BCUT2D eigenvalue weighted by Crippen LogP contribution is 2.47. The van der Waals surface area contributed by atoms with Gasteiger partial charge in [-0.3, -0.25) is 4.79 Å². The van der Waals surface area contributed by atoms with Crippen molar-refractivity contribution in [1.82, 2.24) is 10.3 Å². The third-order valence-corrected chi connectivity index (χ3v) is 4.61. The predicted octanol–water partition coefficient (Wildman–Crippen LogP) is 3.93. The Labute approximate surface area is 164 Å². The minimum Gasteiger partial charge on any atom is -0.492 e. The van der Waals surface area contributed by atoms with Gasteiger partial charge in [0.25, 0.3) is 5.91 Å². The molecule has 0 atom stereocenters. The lowest BCUT2D eigenvalue weighted by Gasteiger charge is -2.19. The van der Waals surface area contributed by atoms with Crippen LogP contribution in [0.2, 0.25) is 0 Å². The SMILES string of the molecule is CC.Cc1ccc(Oc2ccc(N3C(=O)CNC3=O)cn2)c2c1OCC2(C)C. The van der Waals surface area contributed by atoms with E-state index in [2.05, 4.69) is 24.1 Å². The van der Waals surface area contributed by atoms with Crippen LogP contribution in [0, 0.1) is 6.92 Å². The van der Waals surface area contributed by atoms with Gasteiger partial charge in [0, 0.05) is 17.0 Å². The summed E-state index contributed by atoms with van der Waals surface area (Å²) < 4.78 is 11.8. The molecular formula is C21H25N3O4. The first-order valence-corrected chi connectivity index (χ1v) is 9.38. The van der Waals surface area contributed by atoms with Crippen molar-refractivity contribution in [3.8, 4) is 17.4 Å². The molecule has 1 fully saturated rings. The number of nitrogens with zero attached hydrogens (tertiary/aromatic N) is 2. The Morgan fingerprint density at radius 2 is 1.93 bits per heavy atom. The largest absolute Gasteiger partial charge is 0.492 e. The number of hydrogen-bond donors (Lipinski definition) is 1. The normalized spacial score (nSPS) is 16.7. The van der Waals surface area contributed by atoms with Gasteiger partial charge in [-0.05, 0) is 24.6 Å². The van der Waals surface area contributed by atoms with Crippen molar-refractivity contribution in [2.24, 2.45) is 0 Å². The molecule has 0 aliphatic carbocycles. The van der Waals surface area contributed by atoms with Crippen LogP contribution >= 0.6 is 0 Å². The summed E-state index contributed by atoms with van der Waals surface area (Å²) in [6.07, 6.45) is 1.45. The van der Waals surface area contributed by atoms with Crippen LogP contribution in [0.1, 0.15) is 38.8 Å². The fourth-order valence-electron chi connectivity index (χ4n) is 3.27. The molecule has 1 N–H and O–H groups in total. The van der Waals surface area contributed by atoms with Gasteiger partial charge >= 0.3 is 6.03 Å². The molecule has 2 aliphatic rings. The maximum Gasteiger partial charge on any atom is 0.329 e. The fourth-order valence-corrected chi connectivity index (χ4v) is 3.27. The highest BCUT2D eigenvalue weighted by molar-refractivity contribution is 6.19. The van der Waals surface area contributed by atoms with E-state index >= 15 is 0 Å². The molecule has 2 aromatic rings. The van der Waals surface area contributed by atoms with Crippen LogP contribution in [0.25, 0.3) is 0 Å². The molecule has 0 spiro atoms. The van der Waals surface area contributed by atoms with Crippen LogP contribution in [-0.4, -0.2) is 30.1 Å². The molecule has 7 heteroatoms. The van der Waals surface area contributed by atoms with Crippen LogP contribution in [0.15, 0.2) is 30.5 Å². The van der Waals surface area contributed by atoms with Gasteiger partial charge in [-0.15, -0.1) is 0 Å². The zero-order valence-corrected chi connectivity index (χ0v) is 16.8. The van der Waals surface area contributed by atoms with E-state index in [-0.39, 0.29) is 17.9 Å². The van der Waals surface area contributed by atoms with E-state index in [9.17, 15) is 9.59 Å². The third kappa shape index (κ3) is 3.40. The molecule has 1 aromatic carbocycles. The van der Waals surface area contributed by atoms with E-state index in [4.69, 9.17) is 9.47 Å². The second kappa shape index (κ2) is 7.50. The van der Waals surface area contributed by atoms with E-state index < -0.39 is 6.03 Å². The molecule has 0 saturated carbocycles. The molecule has 1 saturated heterocycles. The molecule has 7 nitrogen and oxygen atoms in total. The van der Waals surface area contributed by atoms with Gasteiger partial charge in [-0.1, -0.05) is 33.8 Å². The predicted molar refractivity (Wildman–Crippen MR) is 106 cm³/mol. The molecule has 148 valence electrons. The second-order valence-electron chi connectivity index (χ2n) is 7.10. The molecule has 0 unspecified atom stereocenters. The van der Waals surface area contributed by atoms with Crippen molar-refractivity contribution in [3.05, 3.63) is 41.6 Å². The molecular weight excluding hydrogens is 358 g/mol. The highest BCUT2D eigenvalue weighted by Gasteiger charge is 2.36. The summed E-state index contributed by atoms with van der Waals surface area (Å²) in [6.45, 7) is 10.8. The highest BCUT2D eigenvalue weighted by atomic mass is 16.5. The lowest BCUT2D eigenvalue weighted by molar-refractivity contribution is -0.115. The number of carbonyl (C=O) groups is 2. The fraction of sp³-hybridized carbons (Fsp3) is 0.381. The Bertz CT molecular complexity index is 891. The summed E-state index contributed by atoms with van der Waals surface area (Å²) in [6, 6.07) is 6.71. The zero-order chi connectivity index (χ0) is 20.5. The van der Waals surface area contributed by atoms with Gasteiger partial charge in [0.05, 0.1) is 25.0 Å². The minimum atomic E-state index is -0.444. The van der Waals surface area contributed by atoms with Crippen LogP contribution in [0.3, 0.4) is 0 Å². The summed E-state index contributed by atoms with van der Waals surface area (Å²) in [5.41, 5.74) is 2.35. The molecule has 3 heterocycles. The molecule has 28 heavy (non-hydrogen) atoms. The summed E-state index contributed by atoms with van der Waals surface area (Å²) >= 11 is 0. The topological polar surface area (TPSA) is 80.8 Å². The lowest BCUT2D eigenvalue weighted by Crippen LogP contribution is -2.30. The summed E-state index contributed by atoms with van der Waals surface area (Å²) in [5.74, 6) is 1.64. The van der Waals surface area contributed by atoms with E-state index in [0.29, 0.717) is 23.9 Å². The number of amides is 3. The molecule has 3 amide bonds. The van der Waals surface area contributed by atoms with Crippen molar-refractivity contribution >= 4 is 17.6 Å². The van der Waals surface area contributed by atoms with E-state index in [1.54, 1.807) is 12.1 Å². The third-order valence-electron chi connectivity index (χ3n) is 4.61. The monoisotopic (exact) mass is 383 g/mol. The number of ether oxygens (including phenoxy) is 2. The summed E-state index contributed by atoms with van der Waals surface area (Å²) in [5, 5.41) is 2.48. The Kier molecular flexibility index (Phi) is 5.27. The molecule has 4 rings (SSSR count). The lowest BCUT2D eigenvalue weighted by atomic mass is 9.85. The first-order valence-electron chi connectivity index (χ1n) is 9.38. The number of aryl methyl sites for hydroxylation is 1. The van der Waals surface area contributed by atoms with Crippen molar-refractivity contribution in [1.29, 1.82) is 0 Å². The maximum atomic E-state index is 11.8. The van der Waals surface area contributed by atoms with E-state index in [1.807, 2.05) is 32.9 Å². The van der Waals surface area contributed by atoms with Crippen molar-refractivity contribution in [2.45, 2.75) is 40.0 Å². The van der Waals surface area contributed by atoms with Gasteiger partial charge < -0.3 is 14.8 Å². The quantitative estimate of drug-likeness (QED) is 0.812. The van der Waals surface area contributed by atoms with Gasteiger partial charge in [0.15, 0.2) is 0 Å². The zero-order valence-electron chi connectivity index (χ0n) is 16.8. The number of pyridine rings is 1. The number of aromatic nitrogens is 1. The van der Waals surface area contributed by atoms with Crippen LogP contribution in [0.5, 0.6) is 17.4 Å². The van der Waals surface area contributed by atoms with Gasteiger partial charge in [0.2, 0.25) is 5.88 Å². The molecule has 2 aliphatic heterocycles. The first-order chi connectivity index (χ1) is 13.4.